The van der Waals surface area contributed by atoms with Crippen molar-refractivity contribution < 1.29 is 9.90 Å². The van der Waals surface area contributed by atoms with E-state index < -0.39 is 5.60 Å². The van der Waals surface area contributed by atoms with Crippen molar-refractivity contribution in [2.75, 3.05) is 19.6 Å². The molecule has 0 aliphatic carbocycles. The van der Waals surface area contributed by atoms with E-state index in [0.29, 0.717) is 32.5 Å². The summed E-state index contributed by atoms with van der Waals surface area (Å²) in [5.74, 6) is 0.0447. The van der Waals surface area contributed by atoms with Crippen LogP contribution in [0.4, 0.5) is 0 Å². The lowest BCUT2D eigenvalue weighted by molar-refractivity contribution is -0.124. The van der Waals surface area contributed by atoms with E-state index in [-0.39, 0.29) is 11.9 Å². The third-order valence-electron chi connectivity index (χ3n) is 3.64. The summed E-state index contributed by atoms with van der Waals surface area (Å²) in [6.07, 6.45) is 2.92. The Hall–Kier alpha value is -1.46. The molecule has 5 heteroatoms. The van der Waals surface area contributed by atoms with E-state index in [1.165, 1.54) is 0 Å². The van der Waals surface area contributed by atoms with Crippen LogP contribution in [0.2, 0.25) is 0 Å². The first-order chi connectivity index (χ1) is 9.49. The van der Waals surface area contributed by atoms with E-state index in [9.17, 15) is 9.90 Å². The molecule has 0 saturated carbocycles. The molecule has 1 fully saturated rings. The molecule has 20 heavy (non-hydrogen) atoms. The Morgan fingerprint density at radius 1 is 1.45 bits per heavy atom. The zero-order valence-electron chi connectivity index (χ0n) is 12.2. The third-order valence-corrected chi connectivity index (χ3v) is 3.64. The average molecular weight is 277 g/mol. The largest absolute Gasteiger partial charge is 0.383 e. The summed E-state index contributed by atoms with van der Waals surface area (Å²) in [4.78, 5) is 18.1. The number of carbonyl (C=O) groups is 1. The second kappa shape index (κ2) is 6.33. The Bertz CT molecular complexity index is 440. The van der Waals surface area contributed by atoms with Gasteiger partial charge in [0.15, 0.2) is 0 Å². The van der Waals surface area contributed by atoms with Gasteiger partial charge in [-0.25, -0.2) is 0 Å². The van der Waals surface area contributed by atoms with E-state index in [2.05, 4.69) is 15.2 Å². The molecule has 2 N–H and O–H groups in total. The third kappa shape index (κ3) is 3.77. The highest BCUT2D eigenvalue weighted by Gasteiger charge is 2.35. The number of hydrogen-bond acceptors (Lipinski definition) is 4. The van der Waals surface area contributed by atoms with Gasteiger partial charge >= 0.3 is 0 Å². The van der Waals surface area contributed by atoms with Crippen LogP contribution in [0.3, 0.4) is 0 Å². The summed E-state index contributed by atoms with van der Waals surface area (Å²) in [6.45, 7) is 5.72. The Balaban J connectivity index is 1.88. The molecule has 5 nitrogen and oxygen atoms in total. The second-order valence-electron chi connectivity index (χ2n) is 5.74. The maximum atomic E-state index is 11.7. The molecule has 0 aromatic carbocycles. The van der Waals surface area contributed by atoms with Crippen LogP contribution in [0.5, 0.6) is 0 Å². The maximum absolute atomic E-state index is 11.7. The van der Waals surface area contributed by atoms with Gasteiger partial charge in [0.05, 0.1) is 12.2 Å². The molecule has 0 atom stereocenters. The Morgan fingerprint density at radius 2 is 2.15 bits per heavy atom. The van der Waals surface area contributed by atoms with Crippen molar-refractivity contribution in [1.82, 2.24) is 15.2 Å². The standard InChI is InChI=1S/C15H23N3O2/c1-12(2)17-14(19)11-18-9-6-15(20,7-10-18)13-5-3-4-8-16-13/h3-5,8,12,20H,6-7,9-11H2,1-2H3,(H,17,19). The SMILES string of the molecule is CC(C)NC(=O)CN1CCC(O)(c2ccccn2)CC1. The molecule has 0 spiro atoms. The molecule has 1 aliphatic heterocycles. The highest BCUT2D eigenvalue weighted by Crippen LogP contribution is 2.31. The van der Waals surface area contributed by atoms with Gasteiger partial charge < -0.3 is 10.4 Å². The minimum Gasteiger partial charge on any atom is -0.383 e. The van der Waals surface area contributed by atoms with Crippen LogP contribution < -0.4 is 5.32 Å². The van der Waals surface area contributed by atoms with Gasteiger partial charge in [0, 0.05) is 25.3 Å². The summed E-state index contributed by atoms with van der Waals surface area (Å²) >= 11 is 0. The van der Waals surface area contributed by atoms with Crippen molar-refractivity contribution in [2.45, 2.75) is 38.3 Å². The molecular formula is C15H23N3O2. The van der Waals surface area contributed by atoms with Crippen LogP contribution in [0.15, 0.2) is 24.4 Å². The first kappa shape index (κ1) is 14.9. The van der Waals surface area contributed by atoms with E-state index in [0.717, 1.165) is 5.69 Å². The van der Waals surface area contributed by atoms with Crippen molar-refractivity contribution in [1.29, 1.82) is 0 Å². The number of hydrogen-bond donors (Lipinski definition) is 2. The lowest BCUT2D eigenvalue weighted by Crippen LogP contribution is -2.47. The number of nitrogens with one attached hydrogen (secondary N) is 1. The van der Waals surface area contributed by atoms with Gasteiger partial charge in [-0.2, -0.15) is 0 Å². The summed E-state index contributed by atoms with van der Waals surface area (Å²) in [6, 6.07) is 5.76. The van der Waals surface area contributed by atoms with Crippen molar-refractivity contribution >= 4 is 5.91 Å². The van der Waals surface area contributed by atoms with Gasteiger partial charge in [0.25, 0.3) is 0 Å². The number of piperidine rings is 1. The van der Waals surface area contributed by atoms with Gasteiger partial charge in [-0.3, -0.25) is 14.7 Å². The molecule has 1 aromatic rings. The highest BCUT2D eigenvalue weighted by molar-refractivity contribution is 5.78. The quantitative estimate of drug-likeness (QED) is 0.858. The first-order valence-electron chi connectivity index (χ1n) is 7.15. The molecule has 110 valence electrons. The molecule has 1 aromatic heterocycles. The minimum atomic E-state index is -0.855. The Morgan fingerprint density at radius 3 is 2.70 bits per heavy atom. The van der Waals surface area contributed by atoms with Gasteiger partial charge in [-0.1, -0.05) is 6.07 Å². The Labute approximate surface area is 120 Å². The molecule has 1 aliphatic rings. The van der Waals surface area contributed by atoms with E-state index in [1.807, 2.05) is 32.0 Å². The van der Waals surface area contributed by atoms with Crippen molar-refractivity contribution in [3.8, 4) is 0 Å². The normalized spacial score (nSPS) is 19.0. The fourth-order valence-corrected chi connectivity index (χ4v) is 2.55. The van der Waals surface area contributed by atoms with Crippen LogP contribution in [-0.4, -0.2) is 46.6 Å². The number of carbonyl (C=O) groups excluding carboxylic acids is 1. The molecule has 0 bridgehead atoms. The summed E-state index contributed by atoms with van der Waals surface area (Å²) in [5.41, 5.74) is -0.127. The minimum absolute atomic E-state index is 0.0447. The predicted molar refractivity (Wildman–Crippen MR) is 77.1 cm³/mol. The van der Waals surface area contributed by atoms with Crippen LogP contribution >= 0.6 is 0 Å². The molecule has 1 saturated heterocycles. The number of likely N-dealkylation sites (tertiary alicyclic amines) is 1. The van der Waals surface area contributed by atoms with Gasteiger partial charge in [0.1, 0.15) is 5.60 Å². The number of amides is 1. The maximum Gasteiger partial charge on any atom is 0.234 e. The molecule has 2 heterocycles. The number of rotatable bonds is 4. The molecule has 0 radical (unpaired) electrons. The topological polar surface area (TPSA) is 65.5 Å². The average Bonchev–Trinajstić information content (AvgIpc) is 2.42. The fourth-order valence-electron chi connectivity index (χ4n) is 2.55. The molecule has 0 unspecified atom stereocenters. The summed E-state index contributed by atoms with van der Waals surface area (Å²) in [7, 11) is 0. The van der Waals surface area contributed by atoms with Crippen molar-refractivity contribution in [2.24, 2.45) is 0 Å². The van der Waals surface area contributed by atoms with E-state index in [1.54, 1.807) is 6.20 Å². The Kier molecular flexibility index (Phi) is 4.73. The highest BCUT2D eigenvalue weighted by atomic mass is 16.3. The molecule has 2 rings (SSSR count). The van der Waals surface area contributed by atoms with Crippen molar-refractivity contribution in [3.63, 3.8) is 0 Å². The molecular weight excluding hydrogens is 254 g/mol. The van der Waals surface area contributed by atoms with Crippen LogP contribution in [-0.2, 0) is 10.4 Å². The van der Waals surface area contributed by atoms with E-state index >= 15 is 0 Å². The van der Waals surface area contributed by atoms with E-state index in [4.69, 9.17) is 0 Å². The number of aliphatic hydroxyl groups is 1. The second-order valence-corrected chi connectivity index (χ2v) is 5.74. The monoisotopic (exact) mass is 277 g/mol. The fraction of sp³-hybridized carbons (Fsp3) is 0.600. The van der Waals surface area contributed by atoms with Crippen molar-refractivity contribution in [3.05, 3.63) is 30.1 Å². The number of nitrogens with zero attached hydrogens (tertiary/aromatic N) is 2. The number of pyridine rings is 1. The van der Waals surface area contributed by atoms with Gasteiger partial charge in [-0.15, -0.1) is 0 Å². The lowest BCUT2D eigenvalue weighted by atomic mass is 9.88. The van der Waals surface area contributed by atoms with Crippen LogP contribution in [0, 0.1) is 0 Å². The van der Waals surface area contributed by atoms with Crippen LogP contribution in [0.1, 0.15) is 32.4 Å². The molecule has 1 amide bonds. The first-order valence-corrected chi connectivity index (χ1v) is 7.15. The predicted octanol–water partition coefficient (Wildman–Crippen LogP) is 0.890. The zero-order chi connectivity index (χ0) is 14.6. The lowest BCUT2D eigenvalue weighted by Gasteiger charge is -2.37. The summed E-state index contributed by atoms with van der Waals surface area (Å²) < 4.78 is 0. The smallest absolute Gasteiger partial charge is 0.234 e. The number of aromatic nitrogens is 1. The van der Waals surface area contributed by atoms with Crippen LogP contribution in [0.25, 0.3) is 0 Å². The summed E-state index contributed by atoms with van der Waals surface area (Å²) in [5, 5.41) is 13.5. The van der Waals surface area contributed by atoms with Gasteiger partial charge in [-0.05, 0) is 38.8 Å². The van der Waals surface area contributed by atoms with Gasteiger partial charge in [0.2, 0.25) is 5.91 Å². The zero-order valence-corrected chi connectivity index (χ0v) is 12.2.